The fourth-order valence-electron chi connectivity index (χ4n) is 2.61. The average Bonchev–Trinajstić information content (AvgIpc) is 2.65. The molecule has 1 unspecified atom stereocenters. The molecule has 6 nitrogen and oxygen atoms in total. The predicted molar refractivity (Wildman–Crippen MR) is 107 cm³/mol. The normalized spacial score (nSPS) is 11.5. The highest BCUT2D eigenvalue weighted by molar-refractivity contribution is 7.83. The summed E-state index contributed by atoms with van der Waals surface area (Å²) in [5.74, 6) is 0.511. The van der Waals surface area contributed by atoms with Crippen molar-refractivity contribution in [1.82, 2.24) is 4.90 Å². The molecule has 0 saturated carbocycles. The lowest BCUT2D eigenvalue weighted by Crippen LogP contribution is -2.37. The molecule has 0 saturated heterocycles. The monoisotopic (exact) mass is 388 g/mol. The molecule has 0 heterocycles. The zero-order valence-corrected chi connectivity index (χ0v) is 16.5. The molecule has 1 atom stereocenters. The van der Waals surface area contributed by atoms with E-state index in [4.69, 9.17) is 4.74 Å². The van der Waals surface area contributed by atoms with Gasteiger partial charge in [-0.25, -0.2) is 0 Å². The number of rotatable bonds is 8. The van der Waals surface area contributed by atoms with E-state index in [1.54, 1.807) is 55.8 Å². The molecule has 144 valence electrons. The lowest BCUT2D eigenvalue weighted by Gasteiger charge is -2.21. The second-order valence-corrected chi connectivity index (χ2v) is 7.45. The van der Waals surface area contributed by atoms with E-state index in [9.17, 15) is 13.8 Å². The number of ether oxygens (including phenoxy) is 1. The number of nitrogens with one attached hydrogen (secondary N) is 1. The first-order valence-electron chi connectivity index (χ1n) is 8.55. The SMILES string of the molecule is CCN(CC(=O)Nc1cccc(OC)c1)C(=O)c1cccc(CS(C)=O)c1. The maximum absolute atomic E-state index is 12.8. The molecule has 0 aliphatic heterocycles. The number of anilines is 1. The molecule has 0 aliphatic carbocycles. The first kappa shape index (κ1) is 20.6. The molecule has 0 bridgehead atoms. The van der Waals surface area contributed by atoms with Crippen molar-refractivity contribution in [2.24, 2.45) is 0 Å². The van der Waals surface area contributed by atoms with Crippen LogP contribution in [0, 0.1) is 0 Å². The number of carbonyl (C=O) groups is 2. The number of methoxy groups -OCH3 is 1. The van der Waals surface area contributed by atoms with E-state index in [2.05, 4.69) is 5.32 Å². The topological polar surface area (TPSA) is 75.7 Å². The van der Waals surface area contributed by atoms with Gasteiger partial charge in [0.1, 0.15) is 12.3 Å². The molecule has 0 spiro atoms. The van der Waals surface area contributed by atoms with Gasteiger partial charge in [0, 0.05) is 46.7 Å². The number of nitrogens with zero attached hydrogens (tertiary/aromatic N) is 1. The minimum atomic E-state index is -0.984. The molecule has 0 aromatic heterocycles. The fourth-order valence-corrected chi connectivity index (χ4v) is 3.26. The van der Waals surface area contributed by atoms with Gasteiger partial charge in [-0.15, -0.1) is 0 Å². The van der Waals surface area contributed by atoms with Crippen LogP contribution in [0.4, 0.5) is 5.69 Å². The maximum atomic E-state index is 12.8. The van der Waals surface area contributed by atoms with E-state index in [0.29, 0.717) is 29.3 Å². The van der Waals surface area contributed by atoms with E-state index >= 15 is 0 Å². The van der Waals surface area contributed by atoms with Crippen molar-refractivity contribution in [3.05, 3.63) is 59.7 Å². The van der Waals surface area contributed by atoms with E-state index in [1.165, 1.54) is 4.90 Å². The number of benzene rings is 2. The Morgan fingerprint density at radius 1 is 1.15 bits per heavy atom. The van der Waals surface area contributed by atoms with Crippen LogP contribution in [0.2, 0.25) is 0 Å². The van der Waals surface area contributed by atoms with E-state index in [-0.39, 0.29) is 18.4 Å². The highest BCUT2D eigenvalue weighted by Gasteiger charge is 2.18. The largest absolute Gasteiger partial charge is 0.497 e. The van der Waals surface area contributed by atoms with Crippen LogP contribution >= 0.6 is 0 Å². The van der Waals surface area contributed by atoms with Crippen molar-refractivity contribution in [2.45, 2.75) is 12.7 Å². The Morgan fingerprint density at radius 2 is 1.89 bits per heavy atom. The lowest BCUT2D eigenvalue weighted by atomic mass is 10.1. The van der Waals surface area contributed by atoms with Gasteiger partial charge in [-0.2, -0.15) is 0 Å². The molecule has 1 N–H and O–H groups in total. The van der Waals surface area contributed by atoms with Gasteiger partial charge in [-0.05, 0) is 36.8 Å². The van der Waals surface area contributed by atoms with Gasteiger partial charge >= 0.3 is 0 Å². The van der Waals surface area contributed by atoms with Crippen LogP contribution in [-0.4, -0.2) is 47.4 Å². The van der Waals surface area contributed by atoms with Crippen molar-refractivity contribution in [1.29, 1.82) is 0 Å². The van der Waals surface area contributed by atoms with E-state index in [1.807, 2.05) is 13.0 Å². The van der Waals surface area contributed by atoms with Crippen LogP contribution in [0.1, 0.15) is 22.8 Å². The summed E-state index contributed by atoms with van der Waals surface area (Å²) in [6.45, 7) is 2.16. The minimum absolute atomic E-state index is 0.0590. The standard InChI is InChI=1S/C20H24N2O4S/c1-4-22(13-19(23)21-17-9-6-10-18(12-17)26-2)20(24)16-8-5-7-15(11-16)14-27(3)25/h5-12H,4,13-14H2,1-3H3,(H,21,23). The summed E-state index contributed by atoms with van der Waals surface area (Å²) in [5.41, 5.74) is 1.92. The Labute approximate surface area is 162 Å². The summed E-state index contributed by atoms with van der Waals surface area (Å²) in [4.78, 5) is 26.6. The van der Waals surface area contributed by atoms with Gasteiger partial charge in [-0.1, -0.05) is 18.2 Å². The molecule has 0 fully saturated rings. The first-order chi connectivity index (χ1) is 12.9. The maximum Gasteiger partial charge on any atom is 0.254 e. The van der Waals surface area contributed by atoms with Gasteiger partial charge in [0.15, 0.2) is 0 Å². The fraction of sp³-hybridized carbons (Fsp3) is 0.300. The van der Waals surface area contributed by atoms with Crippen LogP contribution in [0.3, 0.4) is 0 Å². The molecule has 7 heteroatoms. The van der Waals surface area contributed by atoms with E-state index < -0.39 is 10.8 Å². The van der Waals surface area contributed by atoms with Gasteiger partial charge < -0.3 is 15.0 Å². The smallest absolute Gasteiger partial charge is 0.254 e. The van der Waals surface area contributed by atoms with Crippen LogP contribution < -0.4 is 10.1 Å². The summed E-state index contributed by atoms with van der Waals surface area (Å²) in [5, 5.41) is 2.77. The highest BCUT2D eigenvalue weighted by Crippen LogP contribution is 2.17. The Balaban J connectivity index is 2.06. The third-order valence-electron chi connectivity index (χ3n) is 3.90. The van der Waals surface area contributed by atoms with Crippen molar-refractivity contribution in [2.75, 3.05) is 31.8 Å². The lowest BCUT2D eigenvalue weighted by molar-refractivity contribution is -0.116. The second kappa shape index (κ2) is 9.87. The number of amides is 2. The molecule has 0 aliphatic rings. The van der Waals surface area contributed by atoms with Crippen molar-refractivity contribution in [3.8, 4) is 5.75 Å². The van der Waals surface area contributed by atoms with Crippen molar-refractivity contribution < 1.29 is 18.5 Å². The minimum Gasteiger partial charge on any atom is -0.497 e. The van der Waals surface area contributed by atoms with Crippen molar-refractivity contribution >= 4 is 28.3 Å². The zero-order valence-electron chi connectivity index (χ0n) is 15.7. The highest BCUT2D eigenvalue weighted by atomic mass is 32.2. The Morgan fingerprint density at radius 3 is 2.56 bits per heavy atom. The van der Waals surface area contributed by atoms with Crippen LogP contribution in [0.25, 0.3) is 0 Å². The number of likely N-dealkylation sites (N-methyl/N-ethyl adjacent to an activating group) is 1. The Hall–Kier alpha value is -2.67. The van der Waals surface area contributed by atoms with Gasteiger partial charge in [0.05, 0.1) is 7.11 Å². The molecule has 0 radical (unpaired) electrons. The third kappa shape index (κ3) is 6.21. The average molecular weight is 388 g/mol. The zero-order chi connectivity index (χ0) is 19.8. The molecular formula is C20H24N2O4S. The summed E-state index contributed by atoms with van der Waals surface area (Å²) >= 11 is 0. The Kier molecular flexibility index (Phi) is 7.55. The quantitative estimate of drug-likeness (QED) is 0.754. The van der Waals surface area contributed by atoms with Gasteiger partial charge in [-0.3, -0.25) is 13.8 Å². The molecule has 2 rings (SSSR count). The summed E-state index contributed by atoms with van der Waals surface area (Å²) in [6, 6.07) is 14.1. The van der Waals surface area contributed by atoms with Crippen molar-refractivity contribution in [3.63, 3.8) is 0 Å². The van der Waals surface area contributed by atoms with Crippen LogP contribution in [-0.2, 0) is 21.3 Å². The summed E-state index contributed by atoms with van der Waals surface area (Å²) in [7, 11) is 0.572. The van der Waals surface area contributed by atoms with E-state index in [0.717, 1.165) is 5.56 Å². The molecule has 27 heavy (non-hydrogen) atoms. The third-order valence-corrected chi connectivity index (χ3v) is 4.64. The van der Waals surface area contributed by atoms with Crippen LogP contribution in [0.5, 0.6) is 5.75 Å². The number of hydrogen-bond acceptors (Lipinski definition) is 4. The molecule has 2 amide bonds. The number of carbonyl (C=O) groups excluding carboxylic acids is 2. The summed E-state index contributed by atoms with van der Waals surface area (Å²) in [6.07, 6.45) is 1.62. The summed E-state index contributed by atoms with van der Waals surface area (Å²) < 4.78 is 16.5. The second-order valence-electron chi connectivity index (χ2n) is 6.02. The van der Waals surface area contributed by atoms with Gasteiger partial charge in [0.2, 0.25) is 5.91 Å². The first-order valence-corrected chi connectivity index (χ1v) is 10.3. The molecule has 2 aromatic rings. The van der Waals surface area contributed by atoms with Gasteiger partial charge in [0.25, 0.3) is 5.91 Å². The predicted octanol–water partition coefficient (Wildman–Crippen LogP) is 2.67. The van der Waals surface area contributed by atoms with Crippen LogP contribution in [0.15, 0.2) is 48.5 Å². The Bertz CT molecular complexity index is 838. The number of hydrogen-bond donors (Lipinski definition) is 1. The molecular weight excluding hydrogens is 364 g/mol. The molecule has 2 aromatic carbocycles.